The van der Waals surface area contributed by atoms with Gasteiger partial charge in [0.05, 0.1) is 4.92 Å². The molecular weight excluding hydrogens is 386 g/mol. The summed E-state index contributed by atoms with van der Waals surface area (Å²) in [6, 6.07) is 7.99. The van der Waals surface area contributed by atoms with Crippen LogP contribution in [0.1, 0.15) is 37.7 Å². The summed E-state index contributed by atoms with van der Waals surface area (Å²) in [4.78, 5) is 11.0. The Morgan fingerprint density at radius 2 is 1.96 bits per heavy atom. The van der Waals surface area contributed by atoms with E-state index in [0.717, 1.165) is 30.7 Å². The minimum Gasteiger partial charge on any atom is -0.379 e. The van der Waals surface area contributed by atoms with Gasteiger partial charge in [0.1, 0.15) is 9.90 Å². The van der Waals surface area contributed by atoms with Crippen molar-refractivity contribution in [3.05, 3.63) is 51.4 Å². The number of anilines is 1. The molecule has 0 saturated heterocycles. The second-order valence-corrected chi connectivity index (χ2v) is 9.69. The van der Waals surface area contributed by atoms with Gasteiger partial charge < -0.3 is 5.32 Å². The lowest BCUT2D eigenvalue weighted by atomic mass is 9.89. The molecule has 0 bridgehead atoms. The molecule has 0 aliphatic heterocycles. The molecule has 1 aliphatic rings. The summed E-state index contributed by atoms with van der Waals surface area (Å²) in [5, 5.41) is 16.3. The number of nitro benzene ring substituents is 1. The maximum Gasteiger partial charge on any atom is 0.292 e. The van der Waals surface area contributed by atoms with Gasteiger partial charge in [-0.1, -0.05) is 31.4 Å². The Morgan fingerprint density at radius 3 is 2.63 bits per heavy atom. The first kappa shape index (κ1) is 19.8. The van der Waals surface area contributed by atoms with E-state index in [1.54, 1.807) is 23.6 Å². The van der Waals surface area contributed by atoms with Crippen LogP contribution in [-0.4, -0.2) is 19.9 Å². The number of hydrogen-bond donors (Lipinski definition) is 2. The first-order valence-electron chi connectivity index (χ1n) is 9.00. The van der Waals surface area contributed by atoms with Crippen LogP contribution < -0.4 is 10.0 Å². The highest BCUT2D eigenvalue weighted by molar-refractivity contribution is 7.91. The normalized spacial score (nSPS) is 15.6. The molecule has 1 aliphatic carbocycles. The molecule has 1 saturated carbocycles. The van der Waals surface area contributed by atoms with E-state index < -0.39 is 14.9 Å². The molecule has 27 heavy (non-hydrogen) atoms. The highest BCUT2D eigenvalue weighted by Crippen LogP contribution is 2.28. The molecule has 3 rings (SSSR count). The molecule has 9 heteroatoms. The van der Waals surface area contributed by atoms with Crippen molar-refractivity contribution < 1.29 is 13.3 Å². The lowest BCUT2D eigenvalue weighted by molar-refractivity contribution is -0.384. The summed E-state index contributed by atoms with van der Waals surface area (Å²) in [5.74, 6) is 0.552. The van der Waals surface area contributed by atoms with E-state index in [0.29, 0.717) is 17.2 Å². The van der Waals surface area contributed by atoms with Gasteiger partial charge >= 0.3 is 0 Å². The molecule has 1 aromatic carbocycles. The molecule has 1 fully saturated rings. The smallest absolute Gasteiger partial charge is 0.292 e. The van der Waals surface area contributed by atoms with Crippen molar-refractivity contribution in [3.8, 4) is 0 Å². The molecule has 0 amide bonds. The van der Waals surface area contributed by atoms with E-state index >= 15 is 0 Å². The van der Waals surface area contributed by atoms with Crippen molar-refractivity contribution >= 4 is 32.7 Å². The predicted octanol–water partition coefficient (Wildman–Crippen LogP) is 4.13. The molecule has 146 valence electrons. The molecule has 0 spiro atoms. The minimum absolute atomic E-state index is 0.00395. The van der Waals surface area contributed by atoms with Crippen molar-refractivity contribution in [1.29, 1.82) is 0 Å². The molecular formula is C18H23N3O4S2. The summed E-state index contributed by atoms with van der Waals surface area (Å²) in [6.45, 7) is 0.731. The summed E-state index contributed by atoms with van der Waals surface area (Å²) in [5.41, 5.74) is 0.999. The lowest BCUT2D eigenvalue weighted by Gasteiger charge is -2.22. The maximum atomic E-state index is 12.2. The average molecular weight is 410 g/mol. The monoisotopic (exact) mass is 409 g/mol. The van der Waals surface area contributed by atoms with Crippen molar-refractivity contribution in [3.63, 3.8) is 0 Å². The quantitative estimate of drug-likeness (QED) is 0.504. The number of hydrogen-bond acceptors (Lipinski definition) is 6. The molecule has 2 aromatic rings. The van der Waals surface area contributed by atoms with Crippen LogP contribution >= 0.6 is 11.3 Å². The van der Waals surface area contributed by atoms with Gasteiger partial charge in [-0.05, 0) is 41.8 Å². The van der Waals surface area contributed by atoms with E-state index in [-0.39, 0.29) is 16.4 Å². The van der Waals surface area contributed by atoms with Crippen LogP contribution in [0.25, 0.3) is 0 Å². The van der Waals surface area contributed by atoms with E-state index in [1.165, 1.54) is 31.4 Å². The number of sulfonamides is 1. The third kappa shape index (κ3) is 5.27. The molecule has 0 radical (unpaired) electrons. The first-order chi connectivity index (χ1) is 13.0. The Labute approximate surface area is 163 Å². The molecule has 1 heterocycles. The van der Waals surface area contributed by atoms with Gasteiger partial charge in [0.2, 0.25) is 10.0 Å². The fraction of sp³-hybridized carbons (Fsp3) is 0.444. The van der Waals surface area contributed by atoms with E-state index in [4.69, 9.17) is 0 Å². The first-order valence-corrected chi connectivity index (χ1v) is 11.4. The molecule has 2 N–H and O–H groups in total. The zero-order valence-corrected chi connectivity index (χ0v) is 16.5. The van der Waals surface area contributed by atoms with Crippen LogP contribution in [0.15, 0.2) is 39.9 Å². The Balaban J connectivity index is 1.66. The Kier molecular flexibility index (Phi) is 6.46. The van der Waals surface area contributed by atoms with Crippen molar-refractivity contribution in [2.45, 2.75) is 42.9 Å². The SMILES string of the molecule is O=[N+]([O-])c1cc(CNS(=O)(=O)c2cccs2)ccc1NCC1CCCCC1. The second-order valence-electron chi connectivity index (χ2n) is 6.75. The van der Waals surface area contributed by atoms with Crippen molar-refractivity contribution in [1.82, 2.24) is 4.72 Å². The number of nitrogens with zero attached hydrogens (tertiary/aromatic N) is 1. The summed E-state index contributed by atoms with van der Waals surface area (Å²) in [6.07, 6.45) is 6.02. The third-order valence-corrected chi connectivity index (χ3v) is 7.59. The topological polar surface area (TPSA) is 101 Å². The van der Waals surface area contributed by atoms with E-state index in [1.807, 2.05) is 0 Å². The molecule has 0 atom stereocenters. The number of rotatable bonds is 8. The van der Waals surface area contributed by atoms with Crippen LogP contribution in [0.3, 0.4) is 0 Å². The maximum absolute atomic E-state index is 12.2. The molecule has 7 nitrogen and oxygen atoms in total. The van der Waals surface area contributed by atoms with Gasteiger partial charge in [0, 0.05) is 19.2 Å². The standard InChI is InChI=1S/C18H23N3O4S2/c22-21(23)17-11-15(13-20-27(24,25)18-7-4-10-26-18)8-9-16(17)19-12-14-5-2-1-3-6-14/h4,7-11,14,19-20H,1-3,5-6,12-13H2. The lowest BCUT2D eigenvalue weighted by Crippen LogP contribution is -2.22. The minimum atomic E-state index is -3.60. The van der Waals surface area contributed by atoms with Gasteiger partial charge in [-0.25, -0.2) is 13.1 Å². The highest BCUT2D eigenvalue weighted by atomic mass is 32.2. The van der Waals surface area contributed by atoms with Crippen LogP contribution in [0.5, 0.6) is 0 Å². The van der Waals surface area contributed by atoms with Crippen LogP contribution in [-0.2, 0) is 16.6 Å². The van der Waals surface area contributed by atoms with Crippen LogP contribution in [0, 0.1) is 16.0 Å². The summed E-state index contributed by atoms with van der Waals surface area (Å²) >= 11 is 1.13. The number of nitro groups is 1. The Hall–Kier alpha value is -1.97. The summed E-state index contributed by atoms with van der Waals surface area (Å²) < 4.78 is 27.1. The fourth-order valence-corrected chi connectivity index (χ4v) is 5.35. The zero-order chi connectivity index (χ0) is 19.3. The third-order valence-electron chi connectivity index (χ3n) is 4.79. The van der Waals surface area contributed by atoms with Crippen molar-refractivity contribution in [2.75, 3.05) is 11.9 Å². The summed E-state index contributed by atoms with van der Waals surface area (Å²) in [7, 11) is -3.60. The number of thiophene rings is 1. The van der Waals surface area contributed by atoms with Gasteiger partial charge in [0.15, 0.2) is 0 Å². The van der Waals surface area contributed by atoms with Gasteiger partial charge in [-0.3, -0.25) is 10.1 Å². The molecule has 0 unspecified atom stereocenters. The van der Waals surface area contributed by atoms with Gasteiger partial charge in [-0.15, -0.1) is 11.3 Å². The van der Waals surface area contributed by atoms with Crippen molar-refractivity contribution in [2.24, 2.45) is 5.92 Å². The molecule has 1 aromatic heterocycles. The number of nitrogens with one attached hydrogen (secondary N) is 2. The number of benzene rings is 1. The highest BCUT2D eigenvalue weighted by Gasteiger charge is 2.19. The Morgan fingerprint density at radius 1 is 1.19 bits per heavy atom. The predicted molar refractivity (Wildman–Crippen MR) is 107 cm³/mol. The Bertz CT molecular complexity index is 876. The van der Waals surface area contributed by atoms with Gasteiger partial charge in [0.25, 0.3) is 5.69 Å². The van der Waals surface area contributed by atoms with E-state index in [2.05, 4.69) is 10.0 Å². The van der Waals surface area contributed by atoms with Gasteiger partial charge in [-0.2, -0.15) is 0 Å². The fourth-order valence-electron chi connectivity index (χ4n) is 3.30. The van der Waals surface area contributed by atoms with Crippen LogP contribution in [0.2, 0.25) is 0 Å². The average Bonchev–Trinajstić information content (AvgIpc) is 3.21. The largest absolute Gasteiger partial charge is 0.379 e. The second kappa shape index (κ2) is 8.81. The van der Waals surface area contributed by atoms with Crippen LogP contribution in [0.4, 0.5) is 11.4 Å². The zero-order valence-electron chi connectivity index (χ0n) is 14.9. The van der Waals surface area contributed by atoms with E-state index in [9.17, 15) is 18.5 Å².